The van der Waals surface area contributed by atoms with Crippen LogP contribution in [0.3, 0.4) is 0 Å². The van der Waals surface area contributed by atoms with Crippen molar-refractivity contribution in [1.82, 2.24) is 19.9 Å². The van der Waals surface area contributed by atoms with Crippen molar-refractivity contribution in [3.63, 3.8) is 0 Å². The van der Waals surface area contributed by atoms with E-state index in [0.29, 0.717) is 13.1 Å². The van der Waals surface area contributed by atoms with Crippen LogP contribution in [0.5, 0.6) is 0 Å². The second-order valence-electron chi connectivity index (χ2n) is 5.93. The van der Waals surface area contributed by atoms with Crippen molar-refractivity contribution < 1.29 is 0 Å². The first-order valence-corrected chi connectivity index (χ1v) is 6.97. The molecule has 0 saturated carbocycles. The first-order chi connectivity index (χ1) is 9.98. The Labute approximate surface area is 124 Å². The molecule has 0 aliphatic rings. The first-order valence-electron chi connectivity index (χ1n) is 6.97. The Bertz CT molecular complexity index is 578. The fourth-order valence-electron chi connectivity index (χ4n) is 1.81. The molecule has 0 radical (unpaired) electrons. The molecule has 0 spiro atoms. The number of aliphatic imine (C=N–C) groups is 2. The Morgan fingerprint density at radius 3 is 1.71 bits per heavy atom. The van der Waals surface area contributed by atoms with E-state index in [0.717, 1.165) is 22.8 Å². The predicted octanol–water partition coefficient (Wildman–Crippen LogP) is 2.31. The molecule has 0 aliphatic heterocycles. The van der Waals surface area contributed by atoms with Gasteiger partial charge in [0.2, 0.25) is 0 Å². The van der Waals surface area contributed by atoms with E-state index < -0.39 is 0 Å². The molecule has 2 aromatic rings. The Morgan fingerprint density at radius 1 is 0.952 bits per heavy atom. The van der Waals surface area contributed by atoms with Crippen molar-refractivity contribution in [3.05, 3.63) is 35.4 Å². The normalized spacial score (nSPS) is 12.8. The molecule has 0 saturated heterocycles. The summed E-state index contributed by atoms with van der Waals surface area (Å²) < 4.78 is 0. The highest BCUT2D eigenvalue weighted by Gasteiger charge is 2.16. The maximum atomic E-state index is 4.48. The summed E-state index contributed by atoms with van der Waals surface area (Å²) in [6.45, 7) is 9.67. The number of hydrogen-bond acceptors (Lipinski definition) is 4. The predicted molar refractivity (Wildman–Crippen MR) is 85.4 cm³/mol. The minimum Gasteiger partial charge on any atom is -0.348 e. The summed E-state index contributed by atoms with van der Waals surface area (Å²) in [6.07, 6.45) is 6.99. The number of aryl methyl sites for hydroxylation is 2. The SMILES string of the molecule is Cc1[nH]cnc1C=NCC(C)(C)CN=Cc1nc[nH]c1C. The van der Waals surface area contributed by atoms with E-state index in [9.17, 15) is 0 Å². The fraction of sp³-hybridized carbons (Fsp3) is 0.467. The zero-order valence-electron chi connectivity index (χ0n) is 13.0. The van der Waals surface area contributed by atoms with Crippen LogP contribution in [-0.4, -0.2) is 45.5 Å². The fourth-order valence-corrected chi connectivity index (χ4v) is 1.81. The second kappa shape index (κ2) is 6.47. The van der Waals surface area contributed by atoms with Crippen LogP contribution in [0.25, 0.3) is 0 Å². The van der Waals surface area contributed by atoms with E-state index in [1.54, 1.807) is 12.7 Å². The van der Waals surface area contributed by atoms with Crippen LogP contribution in [0.1, 0.15) is 36.6 Å². The highest BCUT2D eigenvalue weighted by molar-refractivity contribution is 5.78. The van der Waals surface area contributed by atoms with Gasteiger partial charge >= 0.3 is 0 Å². The van der Waals surface area contributed by atoms with Gasteiger partial charge in [0.05, 0.1) is 12.7 Å². The Morgan fingerprint density at radius 2 is 1.38 bits per heavy atom. The van der Waals surface area contributed by atoms with Crippen molar-refractivity contribution in [3.8, 4) is 0 Å². The smallest absolute Gasteiger partial charge is 0.101 e. The lowest BCUT2D eigenvalue weighted by Gasteiger charge is -2.19. The zero-order chi connectivity index (χ0) is 15.3. The minimum atomic E-state index is 0.00141. The highest BCUT2D eigenvalue weighted by atomic mass is 14.9. The topological polar surface area (TPSA) is 82.1 Å². The highest BCUT2D eigenvalue weighted by Crippen LogP contribution is 2.16. The molecular weight excluding hydrogens is 264 g/mol. The third-order valence-corrected chi connectivity index (χ3v) is 3.20. The van der Waals surface area contributed by atoms with Gasteiger partial charge in [0.15, 0.2) is 0 Å². The first kappa shape index (κ1) is 15.2. The van der Waals surface area contributed by atoms with Gasteiger partial charge < -0.3 is 9.97 Å². The number of nitrogens with zero attached hydrogens (tertiary/aromatic N) is 4. The maximum Gasteiger partial charge on any atom is 0.101 e. The molecule has 6 heteroatoms. The maximum absolute atomic E-state index is 4.48. The molecule has 112 valence electrons. The van der Waals surface area contributed by atoms with Crippen LogP contribution in [-0.2, 0) is 0 Å². The van der Waals surface area contributed by atoms with Gasteiger partial charge in [-0.25, -0.2) is 9.97 Å². The average molecular weight is 286 g/mol. The van der Waals surface area contributed by atoms with Gasteiger partial charge in [0, 0.05) is 42.3 Å². The van der Waals surface area contributed by atoms with E-state index >= 15 is 0 Å². The number of aromatic amines is 2. The summed E-state index contributed by atoms with van der Waals surface area (Å²) in [6, 6.07) is 0. The molecule has 0 bridgehead atoms. The quantitative estimate of drug-likeness (QED) is 0.799. The van der Waals surface area contributed by atoms with Gasteiger partial charge in [-0.05, 0) is 13.8 Å². The number of nitrogens with one attached hydrogen (secondary N) is 2. The summed E-state index contributed by atoms with van der Waals surface area (Å²) in [7, 11) is 0. The number of rotatable bonds is 6. The number of imidazole rings is 2. The molecule has 2 rings (SSSR count). The third-order valence-electron chi connectivity index (χ3n) is 3.20. The van der Waals surface area contributed by atoms with Gasteiger partial charge in [0.25, 0.3) is 0 Å². The van der Waals surface area contributed by atoms with Gasteiger partial charge in [0.1, 0.15) is 11.4 Å². The van der Waals surface area contributed by atoms with Crippen LogP contribution in [0.4, 0.5) is 0 Å². The Kier molecular flexibility index (Phi) is 4.67. The van der Waals surface area contributed by atoms with Crippen molar-refractivity contribution in [1.29, 1.82) is 0 Å². The zero-order valence-corrected chi connectivity index (χ0v) is 13.0. The summed E-state index contributed by atoms with van der Waals surface area (Å²) >= 11 is 0. The Hall–Kier alpha value is -2.24. The molecule has 6 nitrogen and oxygen atoms in total. The second-order valence-corrected chi connectivity index (χ2v) is 5.93. The number of hydrogen-bond donors (Lipinski definition) is 2. The number of H-pyrrole nitrogens is 2. The third kappa shape index (κ3) is 4.37. The van der Waals surface area contributed by atoms with Crippen molar-refractivity contribution in [2.75, 3.05) is 13.1 Å². The van der Waals surface area contributed by atoms with Crippen LogP contribution >= 0.6 is 0 Å². The molecule has 0 aromatic carbocycles. The van der Waals surface area contributed by atoms with Gasteiger partial charge in [-0.2, -0.15) is 0 Å². The molecule has 2 heterocycles. The van der Waals surface area contributed by atoms with Gasteiger partial charge in [-0.15, -0.1) is 0 Å². The van der Waals surface area contributed by atoms with E-state index in [1.165, 1.54) is 0 Å². The standard InChI is InChI=1S/C15H22N6/c1-11-13(20-9-18-11)5-16-7-15(3,4)8-17-6-14-12(2)19-10-21-14/h5-6,9-10H,7-8H2,1-4H3,(H,18,20)(H,19,21). The Balaban J connectivity index is 1.87. The molecule has 0 unspecified atom stereocenters. The molecule has 2 aromatic heterocycles. The van der Waals surface area contributed by atoms with E-state index in [-0.39, 0.29) is 5.41 Å². The molecule has 2 N–H and O–H groups in total. The van der Waals surface area contributed by atoms with Crippen LogP contribution in [0.2, 0.25) is 0 Å². The minimum absolute atomic E-state index is 0.00141. The van der Waals surface area contributed by atoms with Crippen LogP contribution in [0.15, 0.2) is 22.6 Å². The largest absolute Gasteiger partial charge is 0.348 e. The molecule has 21 heavy (non-hydrogen) atoms. The van der Waals surface area contributed by atoms with E-state index in [2.05, 4.69) is 43.8 Å². The molecular formula is C15H22N6. The van der Waals surface area contributed by atoms with Crippen LogP contribution in [0, 0.1) is 19.3 Å². The van der Waals surface area contributed by atoms with Gasteiger partial charge in [-0.3, -0.25) is 9.98 Å². The summed E-state index contributed by atoms with van der Waals surface area (Å²) in [4.78, 5) is 23.4. The number of aromatic nitrogens is 4. The summed E-state index contributed by atoms with van der Waals surface area (Å²) in [5.41, 5.74) is 3.84. The van der Waals surface area contributed by atoms with Crippen molar-refractivity contribution in [2.45, 2.75) is 27.7 Å². The molecule has 0 fully saturated rings. The summed E-state index contributed by atoms with van der Waals surface area (Å²) in [5, 5.41) is 0. The van der Waals surface area contributed by atoms with Gasteiger partial charge in [-0.1, -0.05) is 13.8 Å². The lowest BCUT2D eigenvalue weighted by atomic mass is 9.94. The van der Waals surface area contributed by atoms with Crippen molar-refractivity contribution >= 4 is 12.4 Å². The monoisotopic (exact) mass is 286 g/mol. The molecule has 0 amide bonds. The van der Waals surface area contributed by atoms with E-state index in [4.69, 9.17) is 0 Å². The summed E-state index contributed by atoms with van der Waals surface area (Å²) in [5.74, 6) is 0. The van der Waals surface area contributed by atoms with E-state index in [1.807, 2.05) is 26.3 Å². The van der Waals surface area contributed by atoms with Crippen LogP contribution < -0.4 is 0 Å². The average Bonchev–Trinajstić information content (AvgIpc) is 2.99. The molecule has 0 aliphatic carbocycles. The lowest BCUT2D eigenvalue weighted by molar-refractivity contribution is 0.396. The van der Waals surface area contributed by atoms with Crippen molar-refractivity contribution in [2.24, 2.45) is 15.4 Å². The molecule has 0 atom stereocenters. The lowest BCUT2D eigenvalue weighted by Crippen LogP contribution is -2.20.